The van der Waals surface area contributed by atoms with E-state index >= 15 is 0 Å². The molecule has 0 bridgehead atoms. The largest absolute Gasteiger partial charge is 0.488 e. The number of carbonyl (C=O) groups is 1. The van der Waals surface area contributed by atoms with Crippen LogP contribution in [-0.4, -0.2) is 47.2 Å². The van der Waals surface area contributed by atoms with E-state index in [1.54, 1.807) is 17.0 Å². The highest BCUT2D eigenvalue weighted by Crippen LogP contribution is 2.25. The number of rotatable bonds is 8. The van der Waals surface area contributed by atoms with Crippen molar-refractivity contribution >= 4 is 5.97 Å². The summed E-state index contributed by atoms with van der Waals surface area (Å²) in [5, 5.41) is 0. The molecule has 3 heterocycles. The van der Waals surface area contributed by atoms with Crippen molar-refractivity contribution in [1.82, 2.24) is 14.5 Å². The van der Waals surface area contributed by atoms with Gasteiger partial charge in [0.2, 0.25) is 0 Å². The van der Waals surface area contributed by atoms with Gasteiger partial charge in [-0.25, -0.2) is 4.79 Å². The van der Waals surface area contributed by atoms with Crippen molar-refractivity contribution in [3.8, 4) is 5.75 Å². The van der Waals surface area contributed by atoms with Crippen LogP contribution in [0.25, 0.3) is 0 Å². The zero-order valence-corrected chi connectivity index (χ0v) is 18.9. The molecule has 7 nitrogen and oxygen atoms in total. The van der Waals surface area contributed by atoms with Crippen molar-refractivity contribution < 1.29 is 14.3 Å². The van der Waals surface area contributed by atoms with Crippen LogP contribution in [0.2, 0.25) is 0 Å². The van der Waals surface area contributed by atoms with Crippen molar-refractivity contribution in [1.29, 1.82) is 0 Å². The van der Waals surface area contributed by atoms with Crippen LogP contribution in [-0.2, 0) is 30.7 Å². The maximum atomic E-state index is 12.9. The number of aryl methyl sites for hydroxylation is 1. The molecule has 4 rings (SSSR count). The number of hydrogen-bond acceptors (Lipinski definition) is 6. The molecule has 172 valence electrons. The van der Waals surface area contributed by atoms with Crippen LogP contribution in [0.15, 0.2) is 65.7 Å². The Balaban J connectivity index is 1.50. The zero-order chi connectivity index (χ0) is 23.0. The SMILES string of the molecule is COC(=O)c1c(OCc2ccncc2)cc(=O)n2c1CCN(CCCc1ccccc1)CC2. The van der Waals surface area contributed by atoms with Gasteiger partial charge < -0.3 is 18.9 Å². The highest BCUT2D eigenvalue weighted by atomic mass is 16.5. The maximum absolute atomic E-state index is 12.9. The number of fused-ring (bicyclic) bond motifs is 1. The summed E-state index contributed by atoms with van der Waals surface area (Å²) in [5.74, 6) is -0.214. The lowest BCUT2D eigenvalue weighted by atomic mass is 10.1. The molecule has 33 heavy (non-hydrogen) atoms. The minimum Gasteiger partial charge on any atom is -0.488 e. The second-order valence-electron chi connectivity index (χ2n) is 8.14. The predicted molar refractivity (Wildman–Crippen MR) is 126 cm³/mol. The number of methoxy groups -OCH3 is 1. The summed E-state index contributed by atoms with van der Waals surface area (Å²) >= 11 is 0. The summed E-state index contributed by atoms with van der Waals surface area (Å²) in [4.78, 5) is 32.0. The molecule has 0 atom stereocenters. The number of aromatic nitrogens is 2. The van der Waals surface area contributed by atoms with Crippen molar-refractivity contribution in [2.45, 2.75) is 32.4 Å². The van der Waals surface area contributed by atoms with E-state index in [1.807, 2.05) is 18.2 Å². The van der Waals surface area contributed by atoms with Crippen LogP contribution in [0.5, 0.6) is 5.75 Å². The van der Waals surface area contributed by atoms with Gasteiger partial charge in [-0.2, -0.15) is 0 Å². The first-order valence-electron chi connectivity index (χ1n) is 11.3. The Hall–Kier alpha value is -3.45. The molecule has 2 aromatic heterocycles. The van der Waals surface area contributed by atoms with E-state index in [0.29, 0.717) is 24.2 Å². The number of esters is 1. The summed E-state index contributed by atoms with van der Waals surface area (Å²) in [7, 11) is 1.35. The smallest absolute Gasteiger partial charge is 0.343 e. The highest BCUT2D eigenvalue weighted by Gasteiger charge is 2.26. The molecule has 0 amide bonds. The quantitative estimate of drug-likeness (QED) is 0.494. The standard InChI is InChI=1S/C26H29N3O4/c1-32-26(31)25-22-11-15-28(14-5-8-20-6-3-2-4-7-20)16-17-29(22)24(30)18-23(25)33-19-21-9-12-27-13-10-21/h2-4,6-7,9-10,12-13,18H,5,8,11,14-17,19H2,1H3. The van der Waals surface area contributed by atoms with Crippen molar-refractivity contribution in [2.75, 3.05) is 26.7 Å². The van der Waals surface area contributed by atoms with E-state index in [4.69, 9.17) is 9.47 Å². The average molecular weight is 448 g/mol. The summed E-state index contributed by atoms with van der Waals surface area (Å²) in [5.41, 5.74) is 3.10. The molecule has 1 aliphatic heterocycles. The third kappa shape index (κ3) is 5.68. The number of hydrogen-bond donors (Lipinski definition) is 0. The first kappa shape index (κ1) is 22.7. The van der Waals surface area contributed by atoms with Gasteiger partial charge in [-0.1, -0.05) is 30.3 Å². The molecule has 0 N–H and O–H groups in total. The van der Waals surface area contributed by atoms with E-state index in [0.717, 1.165) is 38.0 Å². The number of ether oxygens (including phenoxy) is 2. The van der Waals surface area contributed by atoms with Crippen LogP contribution < -0.4 is 10.3 Å². The second kappa shape index (κ2) is 10.9. The van der Waals surface area contributed by atoms with Gasteiger partial charge in [0.05, 0.1) is 7.11 Å². The summed E-state index contributed by atoms with van der Waals surface area (Å²) < 4.78 is 12.7. The highest BCUT2D eigenvalue weighted by molar-refractivity contribution is 5.93. The fourth-order valence-corrected chi connectivity index (χ4v) is 4.24. The van der Waals surface area contributed by atoms with Gasteiger partial charge >= 0.3 is 5.97 Å². The van der Waals surface area contributed by atoms with E-state index in [9.17, 15) is 9.59 Å². The minimum atomic E-state index is -0.485. The van der Waals surface area contributed by atoms with Gasteiger partial charge in [-0.3, -0.25) is 9.78 Å². The molecule has 0 saturated carbocycles. The fraction of sp³-hybridized carbons (Fsp3) is 0.346. The van der Waals surface area contributed by atoms with Gasteiger partial charge in [-0.15, -0.1) is 0 Å². The van der Waals surface area contributed by atoms with Gasteiger partial charge in [0.25, 0.3) is 5.56 Å². The van der Waals surface area contributed by atoms with Crippen LogP contribution in [0.1, 0.15) is 33.6 Å². The van der Waals surface area contributed by atoms with E-state index in [-0.39, 0.29) is 17.9 Å². The first-order valence-corrected chi connectivity index (χ1v) is 11.3. The predicted octanol–water partition coefficient (Wildman–Crippen LogP) is 3.10. The van der Waals surface area contributed by atoms with E-state index in [1.165, 1.54) is 18.7 Å². The summed E-state index contributed by atoms with van der Waals surface area (Å²) in [6.45, 7) is 3.25. The summed E-state index contributed by atoms with van der Waals surface area (Å²) in [6, 6.07) is 15.5. The third-order valence-electron chi connectivity index (χ3n) is 6.00. The monoisotopic (exact) mass is 447 g/mol. The van der Waals surface area contributed by atoms with Crippen LogP contribution in [0.4, 0.5) is 0 Å². The van der Waals surface area contributed by atoms with Gasteiger partial charge in [0.15, 0.2) is 0 Å². The molecule has 0 radical (unpaired) electrons. The molecular formula is C26H29N3O4. The molecule has 3 aromatic rings. The first-order chi connectivity index (χ1) is 16.2. The van der Waals surface area contributed by atoms with Crippen molar-refractivity contribution in [3.63, 3.8) is 0 Å². The Morgan fingerprint density at radius 1 is 1.03 bits per heavy atom. The van der Waals surface area contributed by atoms with Crippen LogP contribution >= 0.6 is 0 Å². The third-order valence-corrected chi connectivity index (χ3v) is 6.00. The van der Waals surface area contributed by atoms with Crippen LogP contribution in [0, 0.1) is 0 Å². The number of nitrogens with zero attached hydrogens (tertiary/aromatic N) is 3. The fourth-order valence-electron chi connectivity index (χ4n) is 4.24. The van der Waals surface area contributed by atoms with Gasteiger partial charge in [-0.05, 0) is 42.6 Å². The molecule has 0 unspecified atom stereocenters. The van der Waals surface area contributed by atoms with Crippen LogP contribution in [0.3, 0.4) is 0 Å². The number of pyridine rings is 2. The Morgan fingerprint density at radius 3 is 2.58 bits per heavy atom. The second-order valence-corrected chi connectivity index (χ2v) is 8.14. The molecule has 0 saturated heterocycles. The molecule has 0 spiro atoms. The normalized spacial score (nSPS) is 13.7. The lowest BCUT2D eigenvalue weighted by Gasteiger charge is -2.19. The van der Waals surface area contributed by atoms with Crippen molar-refractivity contribution in [3.05, 3.63) is 93.7 Å². The molecule has 0 aliphatic carbocycles. The maximum Gasteiger partial charge on any atom is 0.343 e. The van der Waals surface area contributed by atoms with E-state index in [2.05, 4.69) is 34.1 Å². The number of benzene rings is 1. The topological polar surface area (TPSA) is 73.7 Å². The van der Waals surface area contributed by atoms with Gasteiger partial charge in [0, 0.05) is 50.2 Å². The molecule has 1 aromatic carbocycles. The molecular weight excluding hydrogens is 418 g/mol. The van der Waals surface area contributed by atoms with Gasteiger partial charge in [0.1, 0.15) is 17.9 Å². The van der Waals surface area contributed by atoms with Crippen molar-refractivity contribution in [2.24, 2.45) is 0 Å². The minimum absolute atomic E-state index is 0.159. The lowest BCUT2D eigenvalue weighted by molar-refractivity contribution is 0.0592. The lowest BCUT2D eigenvalue weighted by Crippen LogP contribution is -2.30. The Labute approximate surface area is 193 Å². The Bertz CT molecular complexity index is 1130. The Morgan fingerprint density at radius 2 is 1.82 bits per heavy atom. The summed E-state index contributed by atoms with van der Waals surface area (Å²) in [6.07, 6.45) is 6.00. The molecule has 0 fully saturated rings. The van der Waals surface area contributed by atoms with E-state index < -0.39 is 5.97 Å². The zero-order valence-electron chi connectivity index (χ0n) is 18.9. The average Bonchev–Trinajstić information content (AvgIpc) is 3.07. The Kier molecular flexibility index (Phi) is 7.52. The number of carbonyl (C=O) groups excluding carboxylic acids is 1. The molecule has 7 heteroatoms. The molecule has 1 aliphatic rings.